The number of primary sulfonamides is 1. The number of halogens is 6. The molecule has 0 aliphatic heterocycles. The Labute approximate surface area is 207 Å². The monoisotopic (exact) mass is 569 g/mol. The van der Waals surface area contributed by atoms with Crippen LogP contribution >= 0.6 is 22.9 Å². The zero-order chi connectivity index (χ0) is 27.0. The smallest absolute Gasteiger partial charge is 0.416 e. The fraction of sp³-hybridized carbons (Fsp3) is 0.105. The minimum absolute atomic E-state index is 0.0139. The molecule has 0 aliphatic carbocycles. The molecule has 0 aliphatic rings. The largest absolute Gasteiger partial charge is 0.477 e. The topological polar surface area (TPSA) is 154 Å². The van der Waals surface area contributed by atoms with Crippen molar-refractivity contribution < 1.29 is 40.3 Å². The molecule has 3 aromatic heterocycles. The van der Waals surface area contributed by atoms with Gasteiger partial charge in [0.05, 0.1) is 23.1 Å². The minimum Gasteiger partial charge on any atom is -0.477 e. The third-order valence-corrected chi connectivity index (χ3v) is 7.24. The van der Waals surface area contributed by atoms with Gasteiger partial charge >= 0.3 is 12.1 Å². The number of anilines is 1. The van der Waals surface area contributed by atoms with E-state index in [1.54, 1.807) is 0 Å². The molecule has 5 N–H and O–H groups in total. The highest BCUT2D eigenvalue weighted by molar-refractivity contribution is 7.91. The van der Waals surface area contributed by atoms with Gasteiger partial charge < -0.3 is 10.8 Å². The van der Waals surface area contributed by atoms with Gasteiger partial charge in [-0.3, -0.25) is 0 Å². The van der Waals surface area contributed by atoms with Gasteiger partial charge in [-0.25, -0.2) is 36.6 Å². The van der Waals surface area contributed by atoms with Gasteiger partial charge in [-0.1, -0.05) is 23.7 Å². The van der Waals surface area contributed by atoms with Gasteiger partial charge in [0.1, 0.15) is 19.8 Å². The van der Waals surface area contributed by atoms with Gasteiger partial charge in [-0.05, 0) is 24.3 Å². The lowest BCUT2D eigenvalue weighted by Gasteiger charge is -2.10. The zero-order valence-corrected chi connectivity index (χ0v) is 19.8. The molecule has 36 heavy (non-hydrogen) atoms. The van der Waals surface area contributed by atoms with Crippen molar-refractivity contribution in [1.82, 2.24) is 14.6 Å². The van der Waals surface area contributed by atoms with Gasteiger partial charge in [0, 0.05) is 5.56 Å². The van der Waals surface area contributed by atoms with E-state index >= 15 is 0 Å². The number of sulfonamides is 1. The first-order chi connectivity index (χ1) is 16.6. The first-order valence-electron chi connectivity index (χ1n) is 9.25. The van der Waals surface area contributed by atoms with Gasteiger partial charge in [0.25, 0.3) is 6.43 Å². The van der Waals surface area contributed by atoms with E-state index in [-0.39, 0.29) is 31.1 Å². The summed E-state index contributed by atoms with van der Waals surface area (Å²) in [6.07, 6.45) is -6.64. The molecule has 0 unspecified atom stereocenters. The molecule has 4 aromatic rings. The second kappa shape index (κ2) is 9.96. The number of carboxylic acids is 1. The highest BCUT2D eigenvalue weighted by atomic mass is 35.5. The fourth-order valence-corrected chi connectivity index (χ4v) is 4.76. The molecule has 0 bridgehead atoms. The van der Waals surface area contributed by atoms with Crippen LogP contribution in [0.5, 0.6) is 0 Å². The van der Waals surface area contributed by atoms with Gasteiger partial charge in [-0.2, -0.15) is 18.3 Å². The molecule has 0 radical (unpaired) electrons. The van der Waals surface area contributed by atoms with E-state index in [0.29, 0.717) is 4.52 Å². The Morgan fingerprint density at radius 2 is 1.78 bits per heavy atom. The quantitative estimate of drug-likeness (QED) is 0.301. The molecule has 9 nitrogen and oxygen atoms in total. The number of hydrogen-bond donors (Lipinski definition) is 3. The van der Waals surface area contributed by atoms with Crippen LogP contribution in [0.15, 0.2) is 46.8 Å². The van der Waals surface area contributed by atoms with Crippen molar-refractivity contribution in [3.63, 3.8) is 0 Å². The molecule has 0 spiro atoms. The maximum absolute atomic E-state index is 13.2. The summed E-state index contributed by atoms with van der Waals surface area (Å²) < 4.78 is 86.6. The van der Waals surface area contributed by atoms with Gasteiger partial charge in [0.15, 0.2) is 5.65 Å². The number of aromatic nitrogens is 3. The highest BCUT2D eigenvalue weighted by Crippen LogP contribution is 2.33. The van der Waals surface area contributed by atoms with Crippen molar-refractivity contribution >= 4 is 50.3 Å². The summed E-state index contributed by atoms with van der Waals surface area (Å²) in [6, 6.07) is 5.93. The lowest BCUT2D eigenvalue weighted by atomic mass is 10.1. The van der Waals surface area contributed by atoms with Crippen LogP contribution in [0, 0.1) is 0 Å². The van der Waals surface area contributed by atoms with Crippen LogP contribution in [0.4, 0.5) is 27.6 Å². The number of carbonyl (C=O) groups is 1. The fourth-order valence-electron chi connectivity index (χ4n) is 2.77. The first kappa shape index (κ1) is 27.3. The number of alkyl halides is 5. The second-order valence-corrected chi connectivity index (χ2v) is 10.3. The molecular formula is C19H13ClF5N5O4S2. The van der Waals surface area contributed by atoms with Crippen LogP contribution < -0.4 is 10.9 Å². The van der Waals surface area contributed by atoms with Gasteiger partial charge in [0.2, 0.25) is 10.0 Å². The van der Waals surface area contributed by atoms with E-state index in [4.69, 9.17) is 27.6 Å². The molecule has 17 heteroatoms. The molecule has 0 saturated carbocycles. The normalized spacial score (nSPS) is 12.0. The lowest BCUT2D eigenvalue weighted by Crippen LogP contribution is -2.09. The average molecular weight is 570 g/mol. The maximum atomic E-state index is 13.2. The summed E-state index contributed by atoms with van der Waals surface area (Å²) in [5, 5.41) is 17.5. The highest BCUT2D eigenvalue weighted by Gasteiger charge is 2.30. The van der Waals surface area contributed by atoms with Crippen molar-refractivity contribution in [2.24, 2.45) is 5.14 Å². The van der Waals surface area contributed by atoms with Crippen LogP contribution in [-0.2, 0) is 16.2 Å². The predicted octanol–water partition coefficient (Wildman–Crippen LogP) is 4.68. The summed E-state index contributed by atoms with van der Waals surface area (Å²) in [7, 11) is -3.65. The van der Waals surface area contributed by atoms with E-state index in [2.05, 4.69) is 10.1 Å². The van der Waals surface area contributed by atoms with Crippen molar-refractivity contribution in [2.75, 3.05) is 5.73 Å². The molecule has 0 saturated heterocycles. The van der Waals surface area contributed by atoms with Crippen LogP contribution in [0.2, 0.25) is 4.34 Å². The maximum Gasteiger partial charge on any atom is 0.416 e. The number of hydrogen-bond acceptors (Lipinski definition) is 7. The number of carboxylic acid groups (broad SMARTS) is 1. The SMILES string of the molecule is Nc1cc(S(N)(=O)=O)sc1Cl.O=C(O)c1cnn2c(C(F)F)cc(-c3ccc(C(F)(F)F)cc3)nc12. The molecule has 1 aromatic carbocycles. The lowest BCUT2D eigenvalue weighted by molar-refractivity contribution is -0.137. The summed E-state index contributed by atoms with van der Waals surface area (Å²) in [4.78, 5) is 15.1. The molecule has 0 fully saturated rings. The second-order valence-electron chi connectivity index (χ2n) is 6.88. The number of nitrogens with zero attached hydrogens (tertiary/aromatic N) is 3. The standard InChI is InChI=1S/C15H8F5N3O2.C4H5ClN2O2S2/c16-12(17)11-5-10(7-1-3-8(4-2-7)15(18,19)20)22-13-9(14(24)25)6-21-23(11)13;5-4-2(6)1-3(10-4)11(7,8)9/h1-6,12H,(H,24,25);1H,6H2,(H2,7,8,9). The summed E-state index contributed by atoms with van der Waals surface area (Å²) in [5.41, 5.74) is 3.35. The van der Waals surface area contributed by atoms with Crippen molar-refractivity contribution in [2.45, 2.75) is 16.8 Å². The van der Waals surface area contributed by atoms with E-state index in [0.717, 1.165) is 47.9 Å². The van der Waals surface area contributed by atoms with Crippen LogP contribution in [0.3, 0.4) is 0 Å². The minimum atomic E-state index is -4.54. The average Bonchev–Trinajstić information content (AvgIpc) is 3.36. The Kier molecular flexibility index (Phi) is 7.54. The zero-order valence-electron chi connectivity index (χ0n) is 17.4. The number of nitrogens with two attached hydrogens (primary N) is 2. The Bertz CT molecular complexity index is 1520. The summed E-state index contributed by atoms with van der Waals surface area (Å²) in [5.74, 6) is -1.41. The van der Waals surface area contributed by atoms with Crippen LogP contribution in [0.25, 0.3) is 16.9 Å². The van der Waals surface area contributed by atoms with E-state index in [1.165, 1.54) is 6.07 Å². The van der Waals surface area contributed by atoms with Crippen molar-refractivity contribution in [3.8, 4) is 11.3 Å². The van der Waals surface area contributed by atoms with Gasteiger partial charge in [-0.15, -0.1) is 11.3 Å². The molecule has 192 valence electrons. The molecular weight excluding hydrogens is 557 g/mol. The van der Waals surface area contributed by atoms with Crippen LogP contribution in [0.1, 0.15) is 28.0 Å². The molecule has 0 amide bonds. The Morgan fingerprint density at radius 1 is 1.17 bits per heavy atom. The first-order valence-corrected chi connectivity index (χ1v) is 12.0. The molecule has 3 heterocycles. The molecule has 4 rings (SSSR count). The number of thiophene rings is 1. The number of rotatable bonds is 4. The number of benzene rings is 1. The molecule has 0 atom stereocenters. The van der Waals surface area contributed by atoms with E-state index in [9.17, 15) is 35.2 Å². The summed E-state index contributed by atoms with van der Waals surface area (Å²) in [6.45, 7) is 0. The Balaban J connectivity index is 0.000000275. The summed E-state index contributed by atoms with van der Waals surface area (Å²) >= 11 is 6.36. The predicted molar refractivity (Wildman–Crippen MR) is 120 cm³/mol. The van der Waals surface area contributed by atoms with Crippen LogP contribution in [-0.4, -0.2) is 34.1 Å². The Morgan fingerprint density at radius 3 is 2.19 bits per heavy atom. The van der Waals surface area contributed by atoms with Crippen molar-refractivity contribution in [1.29, 1.82) is 0 Å². The number of aromatic carboxylic acids is 1. The Hall–Kier alpha value is -3.34. The number of fused-ring (bicyclic) bond motifs is 1. The van der Waals surface area contributed by atoms with E-state index < -0.39 is 45.4 Å². The van der Waals surface area contributed by atoms with Crippen molar-refractivity contribution in [3.05, 3.63) is 63.8 Å². The third kappa shape index (κ3) is 5.89. The van der Waals surface area contributed by atoms with E-state index in [1.807, 2.05) is 0 Å². The number of nitrogen functional groups attached to an aromatic ring is 1. The third-order valence-electron chi connectivity index (χ3n) is 4.43.